The van der Waals surface area contributed by atoms with E-state index in [2.05, 4.69) is 5.32 Å². The van der Waals surface area contributed by atoms with Crippen molar-refractivity contribution in [3.05, 3.63) is 71.8 Å². The number of amides is 2. The van der Waals surface area contributed by atoms with E-state index in [-0.39, 0.29) is 13.2 Å². The van der Waals surface area contributed by atoms with Crippen molar-refractivity contribution < 1.29 is 29.4 Å². The molecular weight excluding hydrogens is 402 g/mol. The van der Waals surface area contributed by atoms with Gasteiger partial charge in [-0.15, -0.1) is 0 Å². The lowest BCUT2D eigenvalue weighted by atomic mass is 9.96. The lowest BCUT2D eigenvalue weighted by molar-refractivity contribution is -0.124. The number of nitriles is 1. The maximum atomic E-state index is 12.5. The molecule has 0 aromatic heterocycles. The molecule has 0 heterocycles. The number of rotatable bonds is 9. The van der Waals surface area contributed by atoms with Gasteiger partial charge in [-0.25, -0.2) is 10.3 Å². The van der Waals surface area contributed by atoms with Crippen LogP contribution in [0, 0.1) is 17.2 Å². The highest BCUT2D eigenvalue weighted by Gasteiger charge is 2.22. The van der Waals surface area contributed by atoms with E-state index in [1.54, 1.807) is 55.5 Å². The fourth-order valence-corrected chi connectivity index (χ4v) is 2.66. The Balaban J connectivity index is 2.17. The van der Waals surface area contributed by atoms with Gasteiger partial charge in [0.1, 0.15) is 18.5 Å². The van der Waals surface area contributed by atoms with Crippen LogP contribution in [-0.4, -0.2) is 35.5 Å². The van der Waals surface area contributed by atoms with Crippen LogP contribution < -0.4 is 15.5 Å². The van der Waals surface area contributed by atoms with Crippen LogP contribution in [0.1, 0.15) is 24.2 Å². The van der Waals surface area contributed by atoms with Crippen molar-refractivity contribution >= 4 is 17.7 Å². The minimum absolute atomic E-state index is 0.113. The Morgan fingerprint density at radius 2 is 1.84 bits per heavy atom. The number of carbonyl (C=O) groups is 2. The molecule has 162 valence electrons. The molecule has 0 radical (unpaired) electrons. The number of anilines is 1. The molecule has 0 unspecified atom stereocenters. The fourth-order valence-electron chi connectivity index (χ4n) is 2.66. The average Bonchev–Trinajstić information content (AvgIpc) is 2.80. The summed E-state index contributed by atoms with van der Waals surface area (Å²) in [5.41, 5.74) is 3.07. The van der Waals surface area contributed by atoms with Crippen LogP contribution in [0.2, 0.25) is 0 Å². The molecule has 9 heteroatoms. The standard InChI is InChI=1S/C22H23N3O6/c1-15(2-11-20(27)25-29)21(17-5-9-19(10-6-17)30-13-12-26)31-22(28)24-18-7-3-16(14-23)4-8-18/h2-11,15,21,26,29H,12-13H2,1H3,(H,24,28)(H,25,27)/b11-2+/t15-,21+/m1/s1. The highest BCUT2D eigenvalue weighted by molar-refractivity contribution is 5.86. The summed E-state index contributed by atoms with van der Waals surface area (Å²) in [6.45, 7) is 1.79. The van der Waals surface area contributed by atoms with Crippen LogP contribution in [0.5, 0.6) is 5.75 Å². The van der Waals surface area contributed by atoms with E-state index in [9.17, 15) is 9.59 Å². The van der Waals surface area contributed by atoms with Crippen molar-refractivity contribution in [1.82, 2.24) is 5.48 Å². The predicted octanol–water partition coefficient (Wildman–Crippen LogP) is 2.92. The van der Waals surface area contributed by atoms with Crippen molar-refractivity contribution in [3.63, 3.8) is 0 Å². The molecule has 2 aromatic rings. The lowest BCUT2D eigenvalue weighted by Crippen LogP contribution is -2.22. The molecule has 2 amide bonds. The highest BCUT2D eigenvalue weighted by atomic mass is 16.6. The van der Waals surface area contributed by atoms with Gasteiger partial charge in [0.15, 0.2) is 0 Å². The monoisotopic (exact) mass is 425 g/mol. The molecule has 2 rings (SSSR count). The quantitative estimate of drug-likeness (QED) is 0.275. The number of hydrogen-bond donors (Lipinski definition) is 4. The molecule has 0 spiro atoms. The molecule has 0 fully saturated rings. The van der Waals surface area contributed by atoms with Gasteiger partial charge in [0.05, 0.1) is 18.2 Å². The molecule has 0 saturated heterocycles. The van der Waals surface area contributed by atoms with Crippen molar-refractivity contribution in [2.75, 3.05) is 18.5 Å². The summed E-state index contributed by atoms with van der Waals surface area (Å²) in [6.07, 6.45) is 1.16. The van der Waals surface area contributed by atoms with Crippen LogP contribution in [-0.2, 0) is 9.53 Å². The van der Waals surface area contributed by atoms with E-state index in [4.69, 9.17) is 25.0 Å². The number of ether oxygens (including phenoxy) is 2. The molecule has 4 N–H and O–H groups in total. The van der Waals surface area contributed by atoms with Crippen LogP contribution >= 0.6 is 0 Å². The normalized spacial score (nSPS) is 12.5. The zero-order valence-corrected chi connectivity index (χ0v) is 16.8. The van der Waals surface area contributed by atoms with Gasteiger partial charge in [-0.05, 0) is 42.0 Å². The highest BCUT2D eigenvalue weighted by Crippen LogP contribution is 2.29. The summed E-state index contributed by atoms with van der Waals surface area (Å²) < 4.78 is 10.9. The molecule has 31 heavy (non-hydrogen) atoms. The van der Waals surface area contributed by atoms with Crippen LogP contribution in [0.25, 0.3) is 0 Å². The van der Waals surface area contributed by atoms with Crippen molar-refractivity contribution in [1.29, 1.82) is 5.26 Å². The molecule has 0 aliphatic rings. The van der Waals surface area contributed by atoms with Crippen LogP contribution in [0.15, 0.2) is 60.7 Å². The Hall–Kier alpha value is -3.87. The van der Waals surface area contributed by atoms with Gasteiger partial charge in [0.25, 0.3) is 5.91 Å². The Labute approximate surface area is 179 Å². The van der Waals surface area contributed by atoms with E-state index < -0.39 is 24.0 Å². The Bertz CT molecular complexity index is 935. The summed E-state index contributed by atoms with van der Waals surface area (Å²) in [5, 5.41) is 29.0. The van der Waals surface area contributed by atoms with Gasteiger partial charge in [0.2, 0.25) is 0 Å². The van der Waals surface area contributed by atoms with Gasteiger partial charge in [-0.1, -0.05) is 25.1 Å². The van der Waals surface area contributed by atoms with Crippen molar-refractivity contribution in [2.45, 2.75) is 13.0 Å². The van der Waals surface area contributed by atoms with E-state index in [0.717, 1.165) is 6.08 Å². The van der Waals surface area contributed by atoms with E-state index in [1.807, 2.05) is 6.07 Å². The molecule has 9 nitrogen and oxygen atoms in total. The number of hydrogen-bond acceptors (Lipinski definition) is 7. The molecule has 0 bridgehead atoms. The largest absolute Gasteiger partial charge is 0.491 e. The third-order valence-electron chi connectivity index (χ3n) is 4.20. The van der Waals surface area contributed by atoms with Gasteiger partial charge in [-0.2, -0.15) is 5.26 Å². The fraction of sp³-hybridized carbons (Fsp3) is 0.227. The average molecular weight is 425 g/mol. The first-order valence-electron chi connectivity index (χ1n) is 9.40. The summed E-state index contributed by atoms with van der Waals surface area (Å²) in [6, 6.07) is 15.1. The maximum Gasteiger partial charge on any atom is 0.412 e. The number of nitrogens with one attached hydrogen (secondary N) is 2. The predicted molar refractivity (Wildman–Crippen MR) is 111 cm³/mol. The van der Waals surface area contributed by atoms with Crippen molar-refractivity contribution in [2.24, 2.45) is 5.92 Å². The van der Waals surface area contributed by atoms with Gasteiger partial charge >= 0.3 is 6.09 Å². The number of benzene rings is 2. The van der Waals surface area contributed by atoms with E-state index >= 15 is 0 Å². The Kier molecular flexibility index (Phi) is 9.04. The van der Waals surface area contributed by atoms with E-state index in [0.29, 0.717) is 22.6 Å². The molecule has 2 atom stereocenters. The summed E-state index contributed by atoms with van der Waals surface area (Å²) in [7, 11) is 0. The third-order valence-corrected chi connectivity index (χ3v) is 4.20. The van der Waals surface area contributed by atoms with Gasteiger partial charge in [-0.3, -0.25) is 15.3 Å². The maximum absolute atomic E-state index is 12.5. The second kappa shape index (κ2) is 12.0. The third kappa shape index (κ3) is 7.47. The number of aliphatic hydroxyl groups excluding tert-OH is 1. The zero-order valence-electron chi connectivity index (χ0n) is 16.8. The number of carbonyl (C=O) groups excluding carboxylic acids is 2. The minimum atomic E-state index is -0.756. The van der Waals surface area contributed by atoms with Crippen LogP contribution in [0.3, 0.4) is 0 Å². The lowest BCUT2D eigenvalue weighted by Gasteiger charge is -2.23. The molecule has 2 aromatic carbocycles. The number of hydroxylamine groups is 1. The van der Waals surface area contributed by atoms with E-state index in [1.165, 1.54) is 11.6 Å². The molecule has 0 aliphatic carbocycles. The number of nitrogens with zero attached hydrogens (tertiary/aromatic N) is 1. The second-order valence-electron chi connectivity index (χ2n) is 6.48. The number of aliphatic hydroxyl groups is 1. The first-order valence-corrected chi connectivity index (χ1v) is 9.40. The Morgan fingerprint density at radius 1 is 1.16 bits per heavy atom. The summed E-state index contributed by atoms with van der Waals surface area (Å²) in [4.78, 5) is 23.8. The molecule has 0 aliphatic heterocycles. The summed E-state index contributed by atoms with van der Waals surface area (Å²) in [5.74, 6) is -0.588. The smallest absolute Gasteiger partial charge is 0.412 e. The van der Waals surface area contributed by atoms with Gasteiger partial charge in [0, 0.05) is 17.7 Å². The molecule has 0 saturated carbocycles. The zero-order chi connectivity index (χ0) is 22.6. The minimum Gasteiger partial charge on any atom is -0.491 e. The second-order valence-corrected chi connectivity index (χ2v) is 6.48. The van der Waals surface area contributed by atoms with Crippen molar-refractivity contribution in [3.8, 4) is 11.8 Å². The first-order chi connectivity index (χ1) is 15.0. The molecular formula is C22H23N3O6. The summed E-state index contributed by atoms with van der Waals surface area (Å²) >= 11 is 0. The SMILES string of the molecule is C[C@H](/C=C/C(=O)NO)[C@H](OC(=O)Nc1ccc(C#N)cc1)c1ccc(OCCO)cc1. The first kappa shape index (κ1) is 23.4. The van der Waals surface area contributed by atoms with Crippen LogP contribution in [0.4, 0.5) is 10.5 Å². The Morgan fingerprint density at radius 3 is 2.42 bits per heavy atom. The van der Waals surface area contributed by atoms with Gasteiger partial charge < -0.3 is 14.6 Å². The topological polar surface area (TPSA) is 141 Å².